The maximum absolute atomic E-state index is 12.3. The molecule has 168 valence electrons. The third-order valence-corrected chi connectivity index (χ3v) is 7.22. The highest BCUT2D eigenvalue weighted by atomic mass is 32.2. The van der Waals surface area contributed by atoms with Gasteiger partial charge >= 0.3 is 5.97 Å². The largest absolute Gasteiger partial charge is 0.458 e. The van der Waals surface area contributed by atoms with E-state index in [0.717, 1.165) is 28.9 Å². The Balaban J connectivity index is 1.48. The van der Waals surface area contributed by atoms with Crippen molar-refractivity contribution in [2.24, 2.45) is 0 Å². The molecule has 0 spiro atoms. The van der Waals surface area contributed by atoms with Crippen LogP contribution in [0.5, 0.6) is 0 Å². The number of aromatic nitrogens is 2. The van der Waals surface area contributed by atoms with E-state index in [0.29, 0.717) is 10.7 Å². The first-order chi connectivity index (χ1) is 15.3. The number of anilines is 1. The Kier molecular flexibility index (Phi) is 7.70. The van der Waals surface area contributed by atoms with Crippen molar-refractivity contribution in [1.29, 1.82) is 0 Å². The van der Waals surface area contributed by atoms with Crippen LogP contribution in [0.1, 0.15) is 39.3 Å². The Morgan fingerprint density at radius 3 is 2.38 bits per heavy atom. The van der Waals surface area contributed by atoms with Crippen LogP contribution in [0, 0.1) is 6.92 Å². The molecular weight excluding hydrogens is 450 g/mol. The Morgan fingerprint density at radius 2 is 1.72 bits per heavy atom. The summed E-state index contributed by atoms with van der Waals surface area (Å²) < 4.78 is 29.7. The van der Waals surface area contributed by atoms with Gasteiger partial charge in [-0.3, -0.25) is 9.59 Å². The second-order valence-electron chi connectivity index (χ2n) is 7.05. The van der Waals surface area contributed by atoms with Crippen LogP contribution in [0.25, 0.3) is 0 Å². The van der Waals surface area contributed by atoms with Crippen molar-refractivity contribution in [2.45, 2.75) is 38.2 Å². The van der Waals surface area contributed by atoms with E-state index in [4.69, 9.17) is 4.74 Å². The summed E-state index contributed by atoms with van der Waals surface area (Å²) in [5.41, 5.74) is 2.75. The molecule has 1 N–H and O–H groups in total. The molecule has 32 heavy (non-hydrogen) atoms. The molecule has 1 amide bonds. The Labute approximate surface area is 190 Å². The van der Waals surface area contributed by atoms with Crippen molar-refractivity contribution >= 4 is 38.7 Å². The van der Waals surface area contributed by atoms with E-state index < -0.39 is 21.7 Å². The molecule has 3 aromatic rings. The molecule has 1 aromatic heterocycles. The SMILES string of the molecule is CCc1ccc(NC(=O)c2nnc(COC(=O)CCS(=O)(=O)c3ccc(C)cc3)s2)cc1. The van der Waals surface area contributed by atoms with Crippen LogP contribution in [-0.2, 0) is 32.4 Å². The number of carbonyl (C=O) groups excluding carboxylic acids is 2. The number of benzene rings is 2. The van der Waals surface area contributed by atoms with E-state index in [-0.39, 0.29) is 28.7 Å². The standard InChI is InChI=1S/C22H23N3O5S2/c1-3-16-6-8-17(9-7-16)23-21(27)22-25-24-19(31-22)14-30-20(26)12-13-32(28,29)18-10-4-15(2)5-11-18/h4-11H,3,12-14H2,1-2H3,(H,23,27). The summed E-state index contributed by atoms with van der Waals surface area (Å²) in [5, 5.41) is 10.9. The van der Waals surface area contributed by atoms with E-state index in [1.807, 2.05) is 38.1 Å². The van der Waals surface area contributed by atoms with Gasteiger partial charge in [-0.2, -0.15) is 0 Å². The Morgan fingerprint density at radius 1 is 1.03 bits per heavy atom. The lowest BCUT2D eigenvalue weighted by Crippen LogP contribution is -2.13. The summed E-state index contributed by atoms with van der Waals surface area (Å²) in [6.45, 7) is 3.73. The van der Waals surface area contributed by atoms with E-state index in [2.05, 4.69) is 15.5 Å². The first-order valence-corrected chi connectivity index (χ1v) is 12.4. The zero-order valence-electron chi connectivity index (χ0n) is 17.7. The smallest absolute Gasteiger partial charge is 0.307 e. The molecule has 0 fully saturated rings. The normalized spacial score (nSPS) is 11.2. The Hall–Kier alpha value is -3.11. The predicted octanol–water partition coefficient (Wildman–Crippen LogP) is 3.57. The van der Waals surface area contributed by atoms with Crippen LogP contribution in [0.2, 0.25) is 0 Å². The number of nitrogens with one attached hydrogen (secondary N) is 1. The van der Waals surface area contributed by atoms with Gasteiger partial charge < -0.3 is 10.1 Å². The van der Waals surface area contributed by atoms with Crippen LogP contribution in [0.4, 0.5) is 5.69 Å². The van der Waals surface area contributed by atoms with E-state index >= 15 is 0 Å². The van der Waals surface area contributed by atoms with Gasteiger partial charge in [0.05, 0.1) is 17.1 Å². The molecule has 0 saturated carbocycles. The lowest BCUT2D eigenvalue weighted by Gasteiger charge is -2.05. The van der Waals surface area contributed by atoms with Crippen LogP contribution >= 0.6 is 11.3 Å². The fourth-order valence-electron chi connectivity index (χ4n) is 2.71. The fourth-order valence-corrected chi connectivity index (χ4v) is 4.58. The average Bonchev–Trinajstić information content (AvgIpc) is 3.26. The van der Waals surface area contributed by atoms with Gasteiger partial charge in [0.15, 0.2) is 14.8 Å². The number of rotatable bonds is 9. The highest BCUT2D eigenvalue weighted by Gasteiger charge is 2.18. The molecule has 0 atom stereocenters. The number of nitrogens with zero attached hydrogens (tertiary/aromatic N) is 2. The lowest BCUT2D eigenvalue weighted by atomic mass is 10.1. The van der Waals surface area contributed by atoms with Crippen LogP contribution in [-0.4, -0.2) is 36.2 Å². The minimum absolute atomic E-state index is 0.137. The molecule has 0 unspecified atom stereocenters. The molecule has 8 nitrogen and oxygen atoms in total. The van der Waals surface area contributed by atoms with E-state index in [1.54, 1.807) is 12.1 Å². The van der Waals surface area contributed by atoms with Crippen molar-refractivity contribution < 1.29 is 22.7 Å². The quantitative estimate of drug-likeness (QED) is 0.472. The molecule has 0 aliphatic rings. The molecule has 3 rings (SSSR count). The monoisotopic (exact) mass is 473 g/mol. The molecule has 1 heterocycles. The average molecular weight is 474 g/mol. The first-order valence-electron chi connectivity index (χ1n) is 9.94. The number of aryl methyl sites for hydroxylation is 2. The summed E-state index contributed by atoms with van der Waals surface area (Å²) in [6.07, 6.45) is 0.626. The van der Waals surface area contributed by atoms with Crippen LogP contribution in [0.15, 0.2) is 53.4 Å². The maximum Gasteiger partial charge on any atom is 0.307 e. The van der Waals surface area contributed by atoms with Crippen LogP contribution < -0.4 is 5.32 Å². The minimum atomic E-state index is -3.58. The molecule has 0 bridgehead atoms. The molecule has 0 radical (unpaired) electrons. The van der Waals surface area contributed by atoms with Gasteiger partial charge in [0, 0.05) is 5.69 Å². The Bertz CT molecular complexity index is 1190. The van der Waals surface area contributed by atoms with E-state index in [1.165, 1.54) is 12.1 Å². The van der Waals surface area contributed by atoms with Gasteiger partial charge in [-0.05, 0) is 43.2 Å². The van der Waals surface area contributed by atoms with Gasteiger partial charge in [0.1, 0.15) is 6.61 Å². The summed E-state index contributed by atoms with van der Waals surface area (Å²) in [7, 11) is -3.58. The molecular formula is C22H23N3O5S2. The maximum atomic E-state index is 12.3. The topological polar surface area (TPSA) is 115 Å². The number of sulfone groups is 1. The molecule has 0 saturated heterocycles. The van der Waals surface area contributed by atoms with Crippen LogP contribution in [0.3, 0.4) is 0 Å². The number of amides is 1. The number of hydrogen-bond donors (Lipinski definition) is 1. The molecule has 0 aliphatic heterocycles. The highest BCUT2D eigenvalue weighted by Crippen LogP contribution is 2.16. The number of carbonyl (C=O) groups is 2. The summed E-state index contributed by atoms with van der Waals surface area (Å²) in [5.74, 6) is -1.43. The number of hydrogen-bond acceptors (Lipinski definition) is 8. The predicted molar refractivity (Wildman–Crippen MR) is 121 cm³/mol. The number of ether oxygens (including phenoxy) is 1. The van der Waals surface area contributed by atoms with Gasteiger partial charge in [0.25, 0.3) is 5.91 Å². The number of esters is 1. The van der Waals surface area contributed by atoms with Crippen molar-refractivity contribution in [1.82, 2.24) is 10.2 Å². The first kappa shape index (κ1) is 23.6. The molecule has 2 aromatic carbocycles. The fraction of sp³-hybridized carbons (Fsp3) is 0.273. The molecule has 0 aliphatic carbocycles. The third-order valence-electron chi connectivity index (χ3n) is 4.59. The second-order valence-corrected chi connectivity index (χ2v) is 10.2. The zero-order valence-corrected chi connectivity index (χ0v) is 19.3. The summed E-state index contributed by atoms with van der Waals surface area (Å²) in [4.78, 5) is 24.5. The van der Waals surface area contributed by atoms with Gasteiger partial charge in [-0.1, -0.05) is 48.1 Å². The van der Waals surface area contributed by atoms with Gasteiger partial charge in [0.2, 0.25) is 5.01 Å². The van der Waals surface area contributed by atoms with Crippen molar-refractivity contribution in [3.8, 4) is 0 Å². The minimum Gasteiger partial charge on any atom is -0.458 e. The van der Waals surface area contributed by atoms with Gasteiger partial charge in [-0.25, -0.2) is 8.42 Å². The van der Waals surface area contributed by atoms with Gasteiger partial charge in [-0.15, -0.1) is 10.2 Å². The highest BCUT2D eigenvalue weighted by molar-refractivity contribution is 7.91. The summed E-state index contributed by atoms with van der Waals surface area (Å²) >= 11 is 1.00. The van der Waals surface area contributed by atoms with Crippen molar-refractivity contribution in [2.75, 3.05) is 11.1 Å². The van der Waals surface area contributed by atoms with Crippen molar-refractivity contribution in [3.05, 3.63) is 69.7 Å². The van der Waals surface area contributed by atoms with E-state index in [9.17, 15) is 18.0 Å². The third kappa shape index (κ3) is 6.44. The van der Waals surface area contributed by atoms with Crippen molar-refractivity contribution in [3.63, 3.8) is 0 Å². The molecule has 10 heteroatoms. The lowest BCUT2D eigenvalue weighted by molar-refractivity contribution is -0.144. The zero-order chi connectivity index (χ0) is 23.1. The summed E-state index contributed by atoms with van der Waals surface area (Å²) in [6, 6.07) is 13.9. The second kappa shape index (κ2) is 10.5.